The number of rotatable bonds is 2. The number of hydrogen-bond donors (Lipinski definition) is 1. The van der Waals surface area contributed by atoms with Gasteiger partial charge in [-0.1, -0.05) is 29.8 Å². The molecule has 0 fully saturated rings. The van der Waals surface area contributed by atoms with Gasteiger partial charge in [0.25, 0.3) is 0 Å². The van der Waals surface area contributed by atoms with Crippen LogP contribution in [0.25, 0.3) is 22.5 Å². The number of aryl methyl sites for hydroxylation is 3. The molecule has 0 unspecified atom stereocenters. The lowest BCUT2D eigenvalue weighted by Gasteiger charge is -2.03. The van der Waals surface area contributed by atoms with Crippen LogP contribution in [0.2, 0.25) is 0 Å². The van der Waals surface area contributed by atoms with E-state index >= 15 is 0 Å². The topological polar surface area (TPSA) is 56.7 Å². The van der Waals surface area contributed by atoms with Gasteiger partial charge < -0.3 is 5.73 Å². The molecular formula is C15H16N4S. The highest BCUT2D eigenvalue weighted by atomic mass is 32.1. The van der Waals surface area contributed by atoms with Crippen molar-refractivity contribution in [1.29, 1.82) is 0 Å². The van der Waals surface area contributed by atoms with Crippen molar-refractivity contribution in [2.75, 3.05) is 5.73 Å². The second-order valence-corrected chi connectivity index (χ2v) is 5.91. The summed E-state index contributed by atoms with van der Waals surface area (Å²) in [5.41, 5.74) is 11.2. The number of anilines is 1. The van der Waals surface area contributed by atoms with Crippen molar-refractivity contribution in [2.45, 2.75) is 13.8 Å². The Labute approximate surface area is 121 Å². The fourth-order valence-electron chi connectivity index (χ4n) is 2.19. The van der Waals surface area contributed by atoms with E-state index in [0.717, 1.165) is 27.5 Å². The van der Waals surface area contributed by atoms with E-state index in [2.05, 4.69) is 41.3 Å². The quantitative estimate of drug-likeness (QED) is 0.784. The fourth-order valence-corrected chi connectivity index (χ4v) is 2.79. The fraction of sp³-hybridized carbons (Fsp3) is 0.200. The number of thiazole rings is 1. The van der Waals surface area contributed by atoms with Crippen molar-refractivity contribution in [3.63, 3.8) is 0 Å². The Bertz CT molecular complexity index is 753. The summed E-state index contributed by atoms with van der Waals surface area (Å²) in [7, 11) is 1.86. The highest BCUT2D eigenvalue weighted by Gasteiger charge is 2.18. The van der Waals surface area contributed by atoms with Crippen molar-refractivity contribution < 1.29 is 0 Å². The van der Waals surface area contributed by atoms with Crippen LogP contribution in [-0.2, 0) is 7.05 Å². The molecule has 0 aliphatic heterocycles. The smallest absolute Gasteiger partial charge is 0.129 e. The van der Waals surface area contributed by atoms with Crippen molar-refractivity contribution in [1.82, 2.24) is 14.8 Å². The van der Waals surface area contributed by atoms with Gasteiger partial charge in [0.1, 0.15) is 17.2 Å². The summed E-state index contributed by atoms with van der Waals surface area (Å²) >= 11 is 1.62. The molecule has 3 rings (SSSR count). The van der Waals surface area contributed by atoms with Gasteiger partial charge in [0.05, 0.1) is 10.6 Å². The van der Waals surface area contributed by atoms with Crippen LogP contribution >= 0.6 is 11.3 Å². The Morgan fingerprint density at radius 2 is 1.85 bits per heavy atom. The van der Waals surface area contributed by atoms with Gasteiger partial charge in [-0.15, -0.1) is 11.3 Å². The van der Waals surface area contributed by atoms with Gasteiger partial charge in [-0.3, -0.25) is 4.68 Å². The van der Waals surface area contributed by atoms with Gasteiger partial charge in [-0.25, -0.2) is 4.98 Å². The summed E-state index contributed by atoms with van der Waals surface area (Å²) in [5, 5.41) is 7.58. The summed E-state index contributed by atoms with van der Waals surface area (Å²) in [6.45, 7) is 4.06. The Balaban J connectivity index is 2.21. The van der Waals surface area contributed by atoms with Crippen molar-refractivity contribution >= 4 is 17.2 Å². The molecule has 4 nitrogen and oxygen atoms in total. The zero-order valence-electron chi connectivity index (χ0n) is 11.7. The van der Waals surface area contributed by atoms with Gasteiger partial charge in [0.2, 0.25) is 0 Å². The van der Waals surface area contributed by atoms with Gasteiger partial charge >= 0.3 is 0 Å². The zero-order chi connectivity index (χ0) is 14.3. The van der Waals surface area contributed by atoms with Gasteiger partial charge in [-0.05, 0) is 19.4 Å². The van der Waals surface area contributed by atoms with E-state index in [4.69, 9.17) is 5.73 Å². The van der Waals surface area contributed by atoms with Crippen LogP contribution in [0.3, 0.4) is 0 Å². The third kappa shape index (κ3) is 2.10. The van der Waals surface area contributed by atoms with Crippen LogP contribution in [0.1, 0.15) is 10.6 Å². The first kappa shape index (κ1) is 12.9. The minimum absolute atomic E-state index is 0.662. The van der Waals surface area contributed by atoms with Crippen LogP contribution in [0.4, 0.5) is 5.82 Å². The normalized spacial score (nSPS) is 10.9. The molecule has 0 aliphatic carbocycles. The van der Waals surface area contributed by atoms with E-state index in [0.29, 0.717) is 5.82 Å². The molecule has 0 spiro atoms. The summed E-state index contributed by atoms with van der Waals surface area (Å²) in [5.74, 6) is 0.662. The van der Waals surface area contributed by atoms with E-state index in [1.54, 1.807) is 16.0 Å². The highest BCUT2D eigenvalue weighted by Crippen LogP contribution is 2.36. The van der Waals surface area contributed by atoms with Crippen molar-refractivity contribution in [2.24, 2.45) is 7.05 Å². The average Bonchev–Trinajstić information content (AvgIpc) is 2.97. The molecule has 2 aromatic heterocycles. The van der Waals surface area contributed by atoms with Crippen LogP contribution in [0.5, 0.6) is 0 Å². The zero-order valence-corrected chi connectivity index (χ0v) is 12.5. The molecule has 0 radical (unpaired) electrons. The second-order valence-electron chi connectivity index (χ2n) is 4.85. The molecule has 0 bridgehead atoms. The maximum Gasteiger partial charge on any atom is 0.129 e. The van der Waals surface area contributed by atoms with E-state index in [1.165, 1.54) is 5.56 Å². The Kier molecular flexibility index (Phi) is 3.06. The first-order valence-corrected chi connectivity index (χ1v) is 7.26. The molecule has 3 aromatic rings. The molecule has 20 heavy (non-hydrogen) atoms. The predicted octanol–water partition coefficient (Wildman–Crippen LogP) is 3.41. The third-order valence-corrected chi connectivity index (χ3v) is 4.07. The molecule has 0 amide bonds. The van der Waals surface area contributed by atoms with E-state index in [-0.39, 0.29) is 0 Å². The van der Waals surface area contributed by atoms with E-state index < -0.39 is 0 Å². The summed E-state index contributed by atoms with van der Waals surface area (Å²) < 4.78 is 1.71. The van der Waals surface area contributed by atoms with E-state index in [1.807, 2.05) is 19.4 Å². The molecule has 0 atom stereocenters. The summed E-state index contributed by atoms with van der Waals surface area (Å²) in [6.07, 6.45) is 0. The molecular weight excluding hydrogens is 268 g/mol. The standard InChI is InChI=1S/C15H16N4S/c1-9-4-6-11(7-5-9)13-14(18-19(3)15(13)16)12-8-20-10(2)17-12/h4-8H,16H2,1-3H3. The highest BCUT2D eigenvalue weighted by molar-refractivity contribution is 7.09. The maximum absolute atomic E-state index is 6.19. The van der Waals surface area contributed by atoms with Crippen LogP contribution in [0, 0.1) is 13.8 Å². The number of nitrogens with zero attached hydrogens (tertiary/aromatic N) is 3. The van der Waals surface area contributed by atoms with Crippen LogP contribution < -0.4 is 5.73 Å². The van der Waals surface area contributed by atoms with Crippen LogP contribution in [-0.4, -0.2) is 14.8 Å². The van der Waals surface area contributed by atoms with Gasteiger partial charge in [-0.2, -0.15) is 5.10 Å². The number of nitrogen functional groups attached to an aromatic ring is 1. The Hall–Kier alpha value is -2.14. The third-order valence-electron chi connectivity index (χ3n) is 3.29. The predicted molar refractivity (Wildman–Crippen MR) is 83.6 cm³/mol. The first-order valence-electron chi connectivity index (χ1n) is 6.38. The minimum atomic E-state index is 0.662. The number of benzene rings is 1. The first-order chi connectivity index (χ1) is 9.56. The summed E-state index contributed by atoms with van der Waals surface area (Å²) in [4.78, 5) is 4.53. The summed E-state index contributed by atoms with van der Waals surface area (Å²) in [6, 6.07) is 8.31. The van der Waals surface area contributed by atoms with Gasteiger partial charge in [0, 0.05) is 12.4 Å². The molecule has 2 heterocycles. The Morgan fingerprint density at radius 3 is 2.45 bits per heavy atom. The molecule has 102 valence electrons. The molecule has 0 saturated heterocycles. The van der Waals surface area contributed by atoms with E-state index in [9.17, 15) is 0 Å². The number of hydrogen-bond acceptors (Lipinski definition) is 4. The average molecular weight is 284 g/mol. The number of aromatic nitrogens is 3. The lowest BCUT2D eigenvalue weighted by Crippen LogP contribution is -1.97. The molecule has 2 N–H and O–H groups in total. The minimum Gasteiger partial charge on any atom is -0.383 e. The van der Waals surface area contributed by atoms with Crippen molar-refractivity contribution in [3.8, 4) is 22.5 Å². The lowest BCUT2D eigenvalue weighted by molar-refractivity contribution is 0.781. The molecule has 5 heteroatoms. The molecule has 0 saturated carbocycles. The largest absolute Gasteiger partial charge is 0.383 e. The maximum atomic E-state index is 6.19. The van der Waals surface area contributed by atoms with Crippen molar-refractivity contribution in [3.05, 3.63) is 40.2 Å². The Morgan fingerprint density at radius 1 is 1.15 bits per heavy atom. The van der Waals surface area contributed by atoms with Crippen LogP contribution in [0.15, 0.2) is 29.6 Å². The monoisotopic (exact) mass is 284 g/mol. The molecule has 0 aliphatic rings. The molecule has 1 aromatic carbocycles. The second kappa shape index (κ2) is 4.76. The van der Waals surface area contributed by atoms with Gasteiger partial charge in [0.15, 0.2) is 0 Å². The SMILES string of the molecule is Cc1ccc(-c2c(-c3csc(C)n3)nn(C)c2N)cc1. The number of nitrogens with two attached hydrogens (primary N) is 1. The lowest BCUT2D eigenvalue weighted by atomic mass is 10.0.